The lowest BCUT2D eigenvalue weighted by atomic mass is 10.2. The van der Waals surface area contributed by atoms with Crippen LogP contribution in [0.5, 0.6) is 0 Å². The number of rotatable bonds is 0. The molecule has 0 bridgehead atoms. The lowest BCUT2D eigenvalue weighted by Crippen LogP contribution is -2.37. The van der Waals surface area contributed by atoms with Crippen molar-refractivity contribution in [3.63, 3.8) is 0 Å². The molecule has 0 atom stereocenters. The van der Waals surface area contributed by atoms with Gasteiger partial charge in [-0.05, 0) is 5.04 Å². The van der Waals surface area contributed by atoms with Gasteiger partial charge in [-0.1, -0.05) is 33.9 Å². The molecule has 0 aromatic carbocycles. The molecule has 0 N–H and O–H groups in total. The minimum Gasteiger partial charge on any atom is -0.0716 e. The van der Waals surface area contributed by atoms with Crippen molar-refractivity contribution in [3.05, 3.63) is 0 Å². The van der Waals surface area contributed by atoms with Crippen LogP contribution in [0.25, 0.3) is 0 Å². The molecule has 0 spiro atoms. The van der Waals surface area contributed by atoms with Crippen molar-refractivity contribution in [3.8, 4) is 0 Å². The predicted octanol–water partition coefficient (Wildman–Crippen LogP) is 1.62. The minimum absolute atomic E-state index is 0.589. The fourth-order valence-corrected chi connectivity index (χ4v) is 0. The van der Waals surface area contributed by atoms with Gasteiger partial charge in [-0.2, -0.15) is 0 Å². The first kappa shape index (κ1) is 8.43. The first-order chi connectivity index (χ1) is 3.25. The van der Waals surface area contributed by atoms with Crippen LogP contribution in [-0.4, -0.2) is 17.4 Å². The molecule has 1 radical (unpaired) electrons. The molecule has 0 unspecified atom stereocenters. The zero-order chi connectivity index (χ0) is 7.00. The Bertz CT molecular complexity index is 61.5. The summed E-state index contributed by atoms with van der Waals surface area (Å²) < 4.78 is 0. The van der Waals surface area contributed by atoms with E-state index in [4.69, 9.17) is 0 Å². The summed E-state index contributed by atoms with van der Waals surface area (Å²) in [5, 5.41) is 0.589. The van der Waals surface area contributed by atoms with E-state index in [0.717, 1.165) is 0 Å². The Morgan fingerprint density at radius 3 is 1.25 bits per heavy atom. The summed E-state index contributed by atoms with van der Waals surface area (Å²) in [6, 6.07) is 0. The molecule has 0 saturated heterocycles. The molecule has 0 aliphatic carbocycles. The van der Waals surface area contributed by atoms with Crippen molar-refractivity contribution >= 4 is 17.4 Å². The van der Waals surface area contributed by atoms with Crippen molar-refractivity contribution < 1.29 is 0 Å². The predicted molar refractivity (Wildman–Crippen MR) is 45.7 cm³/mol. The summed E-state index contributed by atoms with van der Waals surface area (Å²) in [6.07, 6.45) is 0. The van der Waals surface area contributed by atoms with Gasteiger partial charge in [-0.25, -0.2) is 0 Å². The minimum atomic E-state index is -0.831. The lowest BCUT2D eigenvalue weighted by Gasteiger charge is -2.33. The van der Waals surface area contributed by atoms with Gasteiger partial charge in [-0.3, -0.25) is 0 Å². The molecule has 0 aliphatic rings. The van der Waals surface area contributed by atoms with E-state index in [-0.39, 0.29) is 0 Å². The van der Waals surface area contributed by atoms with Gasteiger partial charge in [0.2, 0.25) is 0 Å². The van der Waals surface area contributed by atoms with Crippen molar-refractivity contribution in [2.75, 3.05) is 0 Å². The zero-order valence-electron chi connectivity index (χ0n) is 6.71. The monoisotopic (exact) mass is 145 g/mol. The van der Waals surface area contributed by atoms with Gasteiger partial charge >= 0.3 is 0 Å². The molecular weight excluding hydrogens is 128 g/mol. The highest BCUT2D eigenvalue weighted by molar-refractivity contribution is 7.17. The topological polar surface area (TPSA) is 0 Å². The average molecular weight is 145 g/mol. The SMILES string of the molecule is CC(C)(C)[Si](C)(C)[SiH2]. The van der Waals surface area contributed by atoms with E-state index in [0.29, 0.717) is 5.04 Å². The summed E-state index contributed by atoms with van der Waals surface area (Å²) in [5.41, 5.74) is 0. The fraction of sp³-hybridized carbons (Fsp3) is 1.00. The Morgan fingerprint density at radius 2 is 1.25 bits per heavy atom. The third-order valence-corrected chi connectivity index (χ3v) is 9.27. The molecule has 0 aromatic heterocycles. The van der Waals surface area contributed by atoms with Crippen LogP contribution < -0.4 is 0 Å². The molecule has 0 heterocycles. The third-order valence-electron chi connectivity index (χ3n) is 2.03. The van der Waals surface area contributed by atoms with Crippen molar-refractivity contribution in [2.45, 2.75) is 38.9 Å². The number of hydrogen-bond donors (Lipinski definition) is 0. The molecule has 8 heavy (non-hydrogen) atoms. The van der Waals surface area contributed by atoms with Crippen LogP contribution in [0.3, 0.4) is 0 Å². The van der Waals surface area contributed by atoms with Crippen LogP contribution in [0, 0.1) is 0 Å². The quantitative estimate of drug-likeness (QED) is 0.455. The first-order valence-corrected chi connectivity index (χ1v) is 8.43. The van der Waals surface area contributed by atoms with Crippen LogP contribution in [0.2, 0.25) is 18.1 Å². The maximum absolute atomic E-state index is 2.42. The normalized spacial score (nSPS) is 14.2. The highest BCUT2D eigenvalue weighted by Crippen LogP contribution is 2.32. The standard InChI is InChI=1S/C6H17Si2/c1-6(2,3)8(4,5)7/h7H2,1-5H3. The van der Waals surface area contributed by atoms with E-state index < -0.39 is 7.59 Å². The van der Waals surface area contributed by atoms with Gasteiger partial charge in [-0.15, -0.1) is 0 Å². The molecule has 0 saturated carbocycles. The summed E-state index contributed by atoms with van der Waals surface area (Å²) in [7, 11) is 1.38. The average Bonchev–Trinajstić information content (AvgIpc) is 1.25. The van der Waals surface area contributed by atoms with Gasteiger partial charge < -0.3 is 0 Å². The lowest BCUT2D eigenvalue weighted by molar-refractivity contribution is 0.735. The molecule has 0 aliphatic heterocycles. The van der Waals surface area contributed by atoms with Crippen LogP contribution in [0.15, 0.2) is 0 Å². The van der Waals surface area contributed by atoms with E-state index in [9.17, 15) is 0 Å². The van der Waals surface area contributed by atoms with Gasteiger partial charge in [0.1, 0.15) is 0 Å². The Hall–Kier alpha value is 0.434. The molecule has 0 amide bonds. The molecule has 0 rings (SSSR count). The van der Waals surface area contributed by atoms with Crippen LogP contribution in [-0.2, 0) is 0 Å². The Kier molecular flexibility index (Phi) is 2.10. The highest BCUT2D eigenvalue weighted by atomic mass is 29.2. The molecule has 0 aromatic rings. The largest absolute Gasteiger partial charge is 0.0716 e. The Morgan fingerprint density at radius 1 is 1.12 bits per heavy atom. The van der Waals surface area contributed by atoms with E-state index in [2.05, 4.69) is 43.6 Å². The first-order valence-electron chi connectivity index (χ1n) is 3.10. The van der Waals surface area contributed by atoms with Crippen LogP contribution in [0.4, 0.5) is 0 Å². The third kappa shape index (κ3) is 2.13. The van der Waals surface area contributed by atoms with Gasteiger partial charge in [0, 0.05) is 17.4 Å². The zero-order valence-corrected chi connectivity index (χ0v) is 9.12. The Labute approximate surface area is 56.9 Å². The smallest absolute Gasteiger partial charge is 0.0361 e. The summed E-state index contributed by atoms with van der Waals surface area (Å²) in [5.74, 6) is 0. The van der Waals surface area contributed by atoms with Crippen molar-refractivity contribution in [1.82, 2.24) is 0 Å². The summed E-state index contributed by atoms with van der Waals surface area (Å²) >= 11 is 0. The second kappa shape index (κ2) is 1.99. The van der Waals surface area contributed by atoms with Gasteiger partial charge in [0.05, 0.1) is 0 Å². The second-order valence-electron chi connectivity index (χ2n) is 4.13. The van der Waals surface area contributed by atoms with E-state index in [1.54, 1.807) is 0 Å². The van der Waals surface area contributed by atoms with E-state index >= 15 is 0 Å². The number of hydrogen-bond acceptors (Lipinski definition) is 0. The van der Waals surface area contributed by atoms with Crippen LogP contribution >= 0.6 is 0 Å². The van der Waals surface area contributed by atoms with Crippen molar-refractivity contribution in [1.29, 1.82) is 0 Å². The molecular formula is C6H17Si2. The van der Waals surface area contributed by atoms with Crippen molar-refractivity contribution in [2.24, 2.45) is 0 Å². The summed E-state index contributed by atoms with van der Waals surface area (Å²) in [4.78, 5) is 0. The van der Waals surface area contributed by atoms with Gasteiger partial charge in [0.25, 0.3) is 0 Å². The highest BCUT2D eigenvalue weighted by Gasteiger charge is 2.28. The second-order valence-corrected chi connectivity index (χ2v) is 14.7. The maximum atomic E-state index is 2.42. The Balaban J connectivity index is 4.02. The fourth-order valence-electron chi connectivity index (χ4n) is 0. The van der Waals surface area contributed by atoms with E-state index in [1.165, 1.54) is 0 Å². The van der Waals surface area contributed by atoms with Gasteiger partial charge in [0.15, 0.2) is 0 Å². The van der Waals surface area contributed by atoms with E-state index in [1.807, 2.05) is 0 Å². The molecule has 2 heteroatoms. The van der Waals surface area contributed by atoms with Crippen LogP contribution in [0.1, 0.15) is 20.8 Å². The molecule has 0 fully saturated rings. The molecule has 49 valence electrons. The molecule has 0 nitrogen and oxygen atoms in total. The maximum Gasteiger partial charge on any atom is 0.0361 e. The summed E-state index contributed by atoms with van der Waals surface area (Å²) in [6.45, 7) is 11.9.